The van der Waals surface area contributed by atoms with Crippen molar-refractivity contribution in [2.45, 2.75) is 129 Å². The summed E-state index contributed by atoms with van der Waals surface area (Å²) < 4.78 is 41.2. The van der Waals surface area contributed by atoms with Gasteiger partial charge in [0.05, 0.1) is 38.0 Å². The van der Waals surface area contributed by atoms with Crippen molar-refractivity contribution in [3.8, 4) is 0 Å². The Balaban J connectivity index is 1.28. The molecule has 0 bridgehead atoms. The van der Waals surface area contributed by atoms with E-state index in [2.05, 4.69) is 0 Å². The topological polar surface area (TPSA) is 336 Å². The molecule has 280 valence electrons. The molecule has 3 aliphatic heterocycles. The van der Waals surface area contributed by atoms with E-state index < -0.39 is 129 Å². The number of aliphatic hydroxyl groups is 7. The Kier molecular flexibility index (Phi) is 13.3. The predicted octanol–water partition coefficient (Wildman–Crippen LogP) is -6.64. The monoisotopic (exact) mass is 705 g/mol. The van der Waals surface area contributed by atoms with Gasteiger partial charge in [0.1, 0.15) is 67.1 Å². The third-order valence-electron chi connectivity index (χ3n) is 9.58. The second kappa shape index (κ2) is 16.9. The van der Waals surface area contributed by atoms with Gasteiger partial charge in [0, 0.05) is 18.6 Å². The maximum Gasteiger partial charge on any atom is 0.187 e. The highest BCUT2D eigenvalue weighted by Crippen LogP contribution is 2.34. The van der Waals surface area contributed by atoms with Crippen LogP contribution in [0.15, 0.2) is 30.3 Å². The molecule has 0 amide bonds. The van der Waals surface area contributed by atoms with Gasteiger partial charge in [0.2, 0.25) is 0 Å². The van der Waals surface area contributed by atoms with Crippen molar-refractivity contribution in [3.05, 3.63) is 35.9 Å². The van der Waals surface area contributed by atoms with Crippen molar-refractivity contribution in [1.29, 1.82) is 0 Å². The minimum atomic E-state index is -1.62. The van der Waals surface area contributed by atoms with Crippen molar-refractivity contribution < 1.29 is 68.9 Å². The van der Waals surface area contributed by atoms with Crippen LogP contribution in [0, 0.1) is 0 Å². The average molecular weight is 706 g/mol. The van der Waals surface area contributed by atoms with Gasteiger partial charge in [-0.05, 0) is 12.0 Å². The molecule has 1 saturated carbocycles. The zero-order valence-electron chi connectivity index (χ0n) is 26.8. The summed E-state index contributed by atoms with van der Waals surface area (Å²) in [4.78, 5) is 0. The Bertz CT molecular complexity index is 1160. The van der Waals surface area contributed by atoms with Gasteiger partial charge in [-0.25, -0.2) is 0 Å². The smallest absolute Gasteiger partial charge is 0.187 e. The summed E-state index contributed by atoms with van der Waals surface area (Å²) in [5.41, 5.74) is 31.4. The number of aliphatic hydroxyl groups excluding tert-OH is 7. The first-order valence-electron chi connectivity index (χ1n) is 16.3. The molecule has 1 aromatic carbocycles. The van der Waals surface area contributed by atoms with Gasteiger partial charge in [-0.2, -0.15) is 0 Å². The normalized spacial score (nSPS) is 47.7. The average Bonchev–Trinajstić information content (AvgIpc) is 3.39. The fourth-order valence-corrected chi connectivity index (χ4v) is 6.66. The van der Waals surface area contributed by atoms with Crippen LogP contribution in [0.4, 0.5) is 0 Å². The Morgan fingerprint density at radius 2 is 1.14 bits per heavy atom. The van der Waals surface area contributed by atoms with Crippen molar-refractivity contribution in [3.63, 3.8) is 0 Å². The number of hydrogen-bond donors (Lipinski definition) is 12. The quantitative estimate of drug-likeness (QED) is 0.0961. The first-order valence-corrected chi connectivity index (χ1v) is 16.3. The lowest BCUT2D eigenvalue weighted by Gasteiger charge is -2.47. The van der Waals surface area contributed by atoms with Crippen LogP contribution in [-0.4, -0.2) is 172 Å². The Labute approximate surface area is 282 Å². The molecule has 3 heterocycles. The molecule has 49 heavy (non-hydrogen) atoms. The van der Waals surface area contributed by atoms with E-state index in [4.69, 9.17) is 61.8 Å². The van der Waals surface area contributed by atoms with Crippen molar-refractivity contribution in [2.75, 3.05) is 19.8 Å². The molecule has 19 heteroatoms. The molecule has 4 aliphatic rings. The van der Waals surface area contributed by atoms with Crippen LogP contribution in [0.2, 0.25) is 0 Å². The van der Waals surface area contributed by atoms with E-state index in [1.165, 1.54) is 0 Å². The number of benzene rings is 1. The molecule has 3 saturated heterocycles. The minimum absolute atomic E-state index is 0.0783. The van der Waals surface area contributed by atoms with E-state index in [1.54, 1.807) is 0 Å². The molecule has 4 fully saturated rings. The lowest BCUT2D eigenvalue weighted by Crippen LogP contribution is -2.68. The zero-order chi connectivity index (χ0) is 35.6. The van der Waals surface area contributed by atoms with Crippen LogP contribution in [0.3, 0.4) is 0 Å². The standard InChI is InChI=1S/C30H51N5O14/c31-7-14-20(39)21(40)17(34)28(44-14)48-26-16(9-37)46-30(23(26)42)49-27-19(38)12(32)6-13(33)24(27)47-29-18(35)22(41)25(15(8-36)45-29)43-10-11-4-2-1-3-5-11/h1-5,12-30,36-42H,6-10,31-35H2/t12-,13+,14+,15-,16-,17-,18-,19+,20-,21-,22-,23-,24-,25-,26-,27-,28-,29-,30+/m1/s1. The molecule has 17 N–H and O–H groups in total. The van der Waals surface area contributed by atoms with Crippen LogP contribution < -0.4 is 28.7 Å². The summed E-state index contributed by atoms with van der Waals surface area (Å²) in [5, 5.41) is 74.2. The molecular weight excluding hydrogens is 654 g/mol. The molecule has 0 radical (unpaired) electrons. The van der Waals surface area contributed by atoms with Crippen LogP contribution in [-0.2, 0) is 39.8 Å². The van der Waals surface area contributed by atoms with E-state index in [9.17, 15) is 35.7 Å². The van der Waals surface area contributed by atoms with Gasteiger partial charge < -0.3 is 97.6 Å². The van der Waals surface area contributed by atoms with Gasteiger partial charge in [0.15, 0.2) is 18.9 Å². The van der Waals surface area contributed by atoms with Crippen molar-refractivity contribution >= 4 is 0 Å². The van der Waals surface area contributed by atoms with Crippen molar-refractivity contribution in [1.82, 2.24) is 0 Å². The summed E-state index contributed by atoms with van der Waals surface area (Å²) in [5.74, 6) is 0. The molecule has 0 aromatic heterocycles. The molecule has 5 rings (SSSR count). The van der Waals surface area contributed by atoms with Gasteiger partial charge in [-0.3, -0.25) is 0 Å². The summed E-state index contributed by atoms with van der Waals surface area (Å²) in [6, 6.07) is 4.99. The van der Waals surface area contributed by atoms with Crippen LogP contribution in [0.5, 0.6) is 0 Å². The Morgan fingerprint density at radius 1 is 0.592 bits per heavy atom. The summed E-state index contributed by atoms with van der Waals surface area (Å²) in [7, 11) is 0. The third kappa shape index (κ3) is 8.26. The van der Waals surface area contributed by atoms with E-state index in [-0.39, 0.29) is 19.6 Å². The fraction of sp³-hybridized carbons (Fsp3) is 0.800. The maximum absolute atomic E-state index is 11.2. The lowest BCUT2D eigenvalue weighted by molar-refractivity contribution is -0.315. The van der Waals surface area contributed by atoms with E-state index in [1.807, 2.05) is 30.3 Å². The van der Waals surface area contributed by atoms with Gasteiger partial charge >= 0.3 is 0 Å². The van der Waals surface area contributed by atoms with Gasteiger partial charge in [0.25, 0.3) is 0 Å². The third-order valence-corrected chi connectivity index (χ3v) is 9.58. The molecule has 1 aromatic rings. The van der Waals surface area contributed by atoms with E-state index >= 15 is 0 Å². The number of hydrogen-bond acceptors (Lipinski definition) is 19. The fourth-order valence-electron chi connectivity index (χ4n) is 6.66. The highest BCUT2D eigenvalue weighted by Gasteiger charge is 2.54. The number of rotatable bonds is 12. The van der Waals surface area contributed by atoms with E-state index in [0.29, 0.717) is 0 Å². The molecule has 1 aliphatic carbocycles. The van der Waals surface area contributed by atoms with Crippen LogP contribution in [0.1, 0.15) is 12.0 Å². The second-order valence-corrected chi connectivity index (χ2v) is 13.0. The second-order valence-electron chi connectivity index (χ2n) is 13.0. The first-order chi connectivity index (χ1) is 23.4. The van der Waals surface area contributed by atoms with Crippen LogP contribution >= 0.6 is 0 Å². The Hall–Kier alpha value is -1.54. The molecule has 19 nitrogen and oxygen atoms in total. The first kappa shape index (κ1) is 38.7. The number of ether oxygens (including phenoxy) is 7. The maximum atomic E-state index is 11.2. The van der Waals surface area contributed by atoms with Gasteiger partial charge in [-0.15, -0.1) is 0 Å². The lowest BCUT2D eigenvalue weighted by atomic mass is 9.84. The van der Waals surface area contributed by atoms with Crippen molar-refractivity contribution in [2.24, 2.45) is 28.7 Å². The van der Waals surface area contributed by atoms with Crippen LogP contribution in [0.25, 0.3) is 0 Å². The molecular formula is C30H51N5O14. The molecule has 0 unspecified atom stereocenters. The molecule has 19 atom stereocenters. The summed E-state index contributed by atoms with van der Waals surface area (Å²) in [6.45, 7) is -1.25. The summed E-state index contributed by atoms with van der Waals surface area (Å²) in [6.07, 6.45) is -19.6. The highest BCUT2D eigenvalue weighted by molar-refractivity contribution is 5.13. The molecule has 0 spiro atoms. The number of nitrogens with two attached hydrogens (primary N) is 5. The predicted molar refractivity (Wildman–Crippen MR) is 165 cm³/mol. The van der Waals surface area contributed by atoms with Gasteiger partial charge in [-0.1, -0.05) is 30.3 Å². The zero-order valence-corrected chi connectivity index (χ0v) is 26.8. The SMILES string of the molecule is NC[C@@H]1O[C@H](O[C@H]2[C@@H](O)[C@H](O[C@@H]3[C@@H](O)[C@H](N)C[C@H](N)[C@H]3O[C@H]3O[C@H](CO)[C@@H](OCc4ccccc4)[C@H](O)[C@H]3N)O[C@@H]2CO)[C@H](N)[C@@H](O)[C@@H]1O. The summed E-state index contributed by atoms with van der Waals surface area (Å²) >= 11 is 0. The van der Waals surface area contributed by atoms with E-state index in [0.717, 1.165) is 5.56 Å². The minimum Gasteiger partial charge on any atom is -0.394 e. The highest BCUT2D eigenvalue weighted by atomic mass is 16.8. The largest absolute Gasteiger partial charge is 0.394 e. The Morgan fingerprint density at radius 3 is 1.78 bits per heavy atom.